The Labute approximate surface area is 300 Å². The van der Waals surface area contributed by atoms with E-state index in [0.29, 0.717) is 0 Å². The molecule has 0 bridgehead atoms. The van der Waals surface area contributed by atoms with Crippen LogP contribution in [-0.2, 0) is 35.0 Å². The van der Waals surface area contributed by atoms with Gasteiger partial charge in [0.05, 0.1) is 28.9 Å². The third kappa shape index (κ3) is 8.60. The largest absolute Gasteiger partial charge is 0.452 e. The highest BCUT2D eigenvalue weighted by molar-refractivity contribution is 5.92. The fraction of sp³-hybridized carbons (Fsp3) is 0.190. The molecule has 6 atom stereocenters. The van der Waals surface area contributed by atoms with Crippen molar-refractivity contribution in [3.05, 3.63) is 179 Å². The molecular formula is C42H36O10. The summed E-state index contributed by atoms with van der Waals surface area (Å²) in [6, 6.07) is 42.0. The molecule has 0 N–H and O–H groups in total. The molecule has 1 saturated carbocycles. The van der Waals surface area contributed by atoms with E-state index in [2.05, 4.69) is 0 Å². The third-order valence-corrected chi connectivity index (χ3v) is 8.51. The van der Waals surface area contributed by atoms with Gasteiger partial charge >= 0.3 is 23.9 Å². The molecule has 0 spiro atoms. The van der Waals surface area contributed by atoms with Gasteiger partial charge in [-0.3, -0.25) is 0 Å². The van der Waals surface area contributed by atoms with Crippen LogP contribution in [0.4, 0.5) is 0 Å². The minimum Gasteiger partial charge on any atom is -0.452 e. The van der Waals surface area contributed by atoms with E-state index in [9.17, 15) is 19.2 Å². The first kappa shape index (κ1) is 35.7. The van der Waals surface area contributed by atoms with Crippen LogP contribution in [0.15, 0.2) is 152 Å². The van der Waals surface area contributed by atoms with Crippen LogP contribution in [0, 0.1) is 0 Å². The van der Waals surface area contributed by atoms with Gasteiger partial charge in [-0.2, -0.15) is 0 Å². The molecule has 10 heteroatoms. The topological polar surface area (TPSA) is 124 Å². The van der Waals surface area contributed by atoms with E-state index in [-0.39, 0.29) is 28.9 Å². The molecule has 5 aromatic carbocycles. The average Bonchev–Trinajstić information content (AvgIpc) is 3.20. The molecule has 5 aromatic rings. The number of carbonyl (C=O) groups is 4. The number of esters is 4. The zero-order chi connectivity index (χ0) is 36.3. The Balaban J connectivity index is 1.47. The summed E-state index contributed by atoms with van der Waals surface area (Å²) >= 11 is 0. The highest BCUT2D eigenvalue weighted by Gasteiger charge is 2.59. The molecule has 1 aliphatic carbocycles. The predicted octanol–water partition coefficient (Wildman–Crippen LogP) is 6.50. The number of carbonyl (C=O) groups excluding carboxylic acids is 4. The lowest BCUT2D eigenvalue weighted by Gasteiger charge is -2.47. The molecule has 264 valence electrons. The number of hydrogen-bond donors (Lipinski definition) is 0. The van der Waals surface area contributed by atoms with Crippen LogP contribution < -0.4 is 0 Å². The average molecular weight is 701 g/mol. The maximum absolute atomic E-state index is 13.8. The summed E-state index contributed by atoms with van der Waals surface area (Å²) in [6.07, 6.45) is -8.39. The second-order valence-electron chi connectivity index (χ2n) is 11.9. The van der Waals surface area contributed by atoms with E-state index in [1.807, 2.05) is 30.3 Å². The predicted molar refractivity (Wildman–Crippen MR) is 188 cm³/mol. The maximum Gasteiger partial charge on any atom is 0.338 e. The first-order chi connectivity index (χ1) is 25.4. The molecular weight excluding hydrogens is 664 g/mol. The van der Waals surface area contributed by atoms with Crippen LogP contribution in [0.25, 0.3) is 0 Å². The molecule has 0 unspecified atom stereocenters. The molecule has 0 saturated heterocycles. The van der Waals surface area contributed by atoms with Crippen LogP contribution in [0.1, 0.15) is 47.0 Å². The quantitative estimate of drug-likeness (QED) is 0.105. The number of methoxy groups -OCH3 is 1. The van der Waals surface area contributed by atoms with Crippen molar-refractivity contribution in [3.63, 3.8) is 0 Å². The lowest BCUT2D eigenvalue weighted by atomic mass is 9.83. The first-order valence-corrected chi connectivity index (χ1v) is 16.7. The standard InChI is InChI=1S/C42H36O10/c1-47-33-34(48-27-28-17-7-2-8-18-28)36(50-40(44)30-21-11-4-12-22-30)38(52-42(46)32-25-15-6-16-26-32)37(51-41(45)31-23-13-5-14-24-31)35(33)49-39(43)29-19-9-3-10-20-29/h2-26,33-38H,27H2,1H3/t33-,34+,35+,36-,37-,38-/m1/s1. The Bertz CT molecular complexity index is 1920. The summed E-state index contributed by atoms with van der Waals surface area (Å²) in [5.41, 5.74) is 1.55. The molecule has 52 heavy (non-hydrogen) atoms. The fourth-order valence-electron chi connectivity index (χ4n) is 5.95. The van der Waals surface area contributed by atoms with Crippen molar-refractivity contribution in [1.29, 1.82) is 0 Å². The summed E-state index contributed by atoms with van der Waals surface area (Å²) < 4.78 is 37.0. The third-order valence-electron chi connectivity index (χ3n) is 8.51. The number of ether oxygens (including phenoxy) is 6. The first-order valence-electron chi connectivity index (χ1n) is 16.7. The van der Waals surface area contributed by atoms with E-state index in [0.717, 1.165) is 5.56 Å². The Hall–Kier alpha value is -6.10. The normalized spacial score (nSPS) is 20.9. The fourth-order valence-corrected chi connectivity index (χ4v) is 5.95. The van der Waals surface area contributed by atoms with Crippen molar-refractivity contribution in [1.82, 2.24) is 0 Å². The van der Waals surface area contributed by atoms with Gasteiger partial charge in [0.25, 0.3) is 0 Å². The summed E-state index contributed by atoms with van der Waals surface area (Å²) in [7, 11) is 1.37. The number of hydrogen-bond acceptors (Lipinski definition) is 10. The van der Waals surface area contributed by atoms with Crippen molar-refractivity contribution in [2.45, 2.75) is 43.2 Å². The van der Waals surface area contributed by atoms with Crippen molar-refractivity contribution in [2.24, 2.45) is 0 Å². The molecule has 10 nitrogen and oxygen atoms in total. The van der Waals surface area contributed by atoms with E-state index in [1.165, 1.54) is 7.11 Å². The van der Waals surface area contributed by atoms with Crippen LogP contribution in [0.3, 0.4) is 0 Å². The molecule has 1 fully saturated rings. The van der Waals surface area contributed by atoms with E-state index in [1.54, 1.807) is 121 Å². The van der Waals surface area contributed by atoms with Gasteiger partial charge in [0, 0.05) is 7.11 Å². The van der Waals surface area contributed by atoms with Gasteiger partial charge in [-0.25, -0.2) is 19.2 Å². The summed E-state index contributed by atoms with van der Waals surface area (Å²) in [5.74, 6) is -3.14. The zero-order valence-electron chi connectivity index (χ0n) is 28.2. The van der Waals surface area contributed by atoms with Crippen molar-refractivity contribution < 1.29 is 47.6 Å². The molecule has 6 rings (SSSR count). The second kappa shape index (κ2) is 17.2. The van der Waals surface area contributed by atoms with Crippen LogP contribution >= 0.6 is 0 Å². The maximum atomic E-state index is 13.8. The summed E-state index contributed by atoms with van der Waals surface area (Å²) in [5, 5.41) is 0. The van der Waals surface area contributed by atoms with Crippen molar-refractivity contribution in [2.75, 3.05) is 7.11 Å². The van der Waals surface area contributed by atoms with Crippen molar-refractivity contribution >= 4 is 23.9 Å². The second-order valence-corrected chi connectivity index (χ2v) is 11.9. The molecule has 0 heterocycles. The van der Waals surface area contributed by atoms with Gasteiger partial charge in [0.15, 0.2) is 24.4 Å². The minimum atomic E-state index is -1.56. The van der Waals surface area contributed by atoms with Crippen LogP contribution in [0.2, 0.25) is 0 Å². The van der Waals surface area contributed by atoms with E-state index < -0.39 is 60.5 Å². The van der Waals surface area contributed by atoms with Gasteiger partial charge in [-0.15, -0.1) is 0 Å². The van der Waals surface area contributed by atoms with Crippen molar-refractivity contribution in [3.8, 4) is 0 Å². The smallest absolute Gasteiger partial charge is 0.338 e. The molecule has 0 aliphatic heterocycles. The Morgan fingerprint density at radius 1 is 0.385 bits per heavy atom. The zero-order valence-corrected chi connectivity index (χ0v) is 28.2. The number of benzene rings is 5. The van der Waals surface area contributed by atoms with Gasteiger partial charge in [0.1, 0.15) is 12.2 Å². The Morgan fingerprint density at radius 3 is 0.962 bits per heavy atom. The van der Waals surface area contributed by atoms with E-state index in [4.69, 9.17) is 28.4 Å². The summed E-state index contributed by atoms with van der Waals surface area (Å²) in [6.45, 7) is 0.0118. The monoisotopic (exact) mass is 700 g/mol. The SMILES string of the molecule is CO[C@@H]1[C@H](OCc2ccccc2)[C@@H](OC(=O)c2ccccc2)[C@@H](OC(=O)c2ccccc2)[C@H](OC(=O)c2ccccc2)[C@H]1OC(=O)c1ccccc1. The molecule has 0 aromatic heterocycles. The van der Waals surface area contributed by atoms with Gasteiger partial charge < -0.3 is 28.4 Å². The van der Waals surface area contributed by atoms with Crippen LogP contribution in [0.5, 0.6) is 0 Å². The Kier molecular flexibility index (Phi) is 11.8. The van der Waals surface area contributed by atoms with E-state index >= 15 is 0 Å². The van der Waals surface area contributed by atoms with Gasteiger partial charge in [-0.1, -0.05) is 103 Å². The number of rotatable bonds is 12. The lowest BCUT2D eigenvalue weighted by molar-refractivity contribution is -0.242. The Morgan fingerprint density at radius 2 is 0.654 bits per heavy atom. The molecule has 1 aliphatic rings. The highest BCUT2D eigenvalue weighted by atomic mass is 16.7. The van der Waals surface area contributed by atoms with Gasteiger partial charge in [0.2, 0.25) is 0 Å². The highest BCUT2D eigenvalue weighted by Crippen LogP contribution is 2.36. The minimum absolute atomic E-state index is 0.0118. The lowest BCUT2D eigenvalue weighted by Crippen LogP contribution is -2.68. The van der Waals surface area contributed by atoms with Crippen LogP contribution in [-0.4, -0.2) is 67.6 Å². The molecule has 0 amide bonds. The molecule has 0 radical (unpaired) electrons. The summed E-state index contributed by atoms with van der Waals surface area (Å²) in [4.78, 5) is 55.1. The van der Waals surface area contributed by atoms with Gasteiger partial charge in [-0.05, 0) is 54.1 Å².